The Labute approximate surface area is 97.2 Å². The lowest BCUT2D eigenvalue weighted by Crippen LogP contribution is -2.18. The van der Waals surface area contributed by atoms with Crippen molar-refractivity contribution in [3.05, 3.63) is 5.69 Å². The van der Waals surface area contributed by atoms with Crippen molar-refractivity contribution in [2.45, 2.75) is 33.1 Å². The molecule has 2 unspecified atom stereocenters. The lowest BCUT2D eigenvalue weighted by molar-refractivity contribution is 0.438. The lowest BCUT2D eigenvalue weighted by atomic mass is 9.98. The largest absolute Gasteiger partial charge is 0.394 e. The Kier molecular flexibility index (Phi) is 3.08. The highest BCUT2D eigenvalue weighted by Crippen LogP contribution is 2.31. The van der Waals surface area contributed by atoms with E-state index in [-0.39, 0.29) is 0 Å². The molecule has 0 aliphatic heterocycles. The van der Waals surface area contributed by atoms with Crippen LogP contribution in [-0.2, 0) is 7.05 Å². The van der Waals surface area contributed by atoms with Crippen LogP contribution < -0.4 is 11.1 Å². The molecule has 1 aliphatic rings. The van der Waals surface area contributed by atoms with E-state index in [1.807, 2.05) is 18.7 Å². The van der Waals surface area contributed by atoms with Gasteiger partial charge in [-0.15, -0.1) is 0 Å². The van der Waals surface area contributed by atoms with Crippen molar-refractivity contribution in [2.75, 3.05) is 17.6 Å². The number of nitrogens with one attached hydrogen (secondary N) is 1. The molecule has 1 aliphatic carbocycles. The maximum Gasteiger partial charge on any atom is 0.147 e. The molecule has 1 heterocycles. The van der Waals surface area contributed by atoms with Crippen LogP contribution in [-0.4, -0.2) is 16.3 Å². The summed E-state index contributed by atoms with van der Waals surface area (Å²) in [5, 5.41) is 7.75. The molecule has 1 aromatic heterocycles. The highest BCUT2D eigenvalue weighted by molar-refractivity contribution is 5.64. The highest BCUT2D eigenvalue weighted by Gasteiger charge is 2.23. The number of aromatic nitrogens is 2. The predicted molar refractivity (Wildman–Crippen MR) is 67.4 cm³/mol. The van der Waals surface area contributed by atoms with Crippen molar-refractivity contribution in [3.8, 4) is 0 Å². The van der Waals surface area contributed by atoms with E-state index >= 15 is 0 Å². The van der Waals surface area contributed by atoms with E-state index in [2.05, 4.69) is 17.3 Å². The Balaban J connectivity index is 1.99. The molecule has 2 rings (SSSR count). The van der Waals surface area contributed by atoms with E-state index in [0.717, 1.165) is 35.6 Å². The SMILES string of the molecule is Cc1nn(C)c(NCC2CCCC2C)c1N. The van der Waals surface area contributed by atoms with Gasteiger partial charge in [-0.2, -0.15) is 5.10 Å². The van der Waals surface area contributed by atoms with Gasteiger partial charge in [0.1, 0.15) is 5.82 Å². The summed E-state index contributed by atoms with van der Waals surface area (Å²) in [6.45, 7) is 5.31. The number of nitrogens with zero attached hydrogens (tertiary/aromatic N) is 2. The fourth-order valence-electron chi connectivity index (χ4n) is 2.64. The second-order valence-electron chi connectivity index (χ2n) is 5.02. The standard InChI is InChI=1S/C12H22N4/c1-8-5-4-6-10(8)7-14-12-11(13)9(2)15-16(12)3/h8,10,14H,4-7,13H2,1-3H3. The third-order valence-electron chi connectivity index (χ3n) is 3.84. The van der Waals surface area contributed by atoms with E-state index in [0.29, 0.717) is 0 Å². The fraction of sp³-hybridized carbons (Fsp3) is 0.750. The van der Waals surface area contributed by atoms with Crippen molar-refractivity contribution in [1.82, 2.24) is 9.78 Å². The molecule has 0 bridgehead atoms. The van der Waals surface area contributed by atoms with Gasteiger partial charge in [-0.25, -0.2) is 0 Å². The van der Waals surface area contributed by atoms with Gasteiger partial charge < -0.3 is 11.1 Å². The monoisotopic (exact) mass is 222 g/mol. The summed E-state index contributed by atoms with van der Waals surface area (Å²) in [5.41, 5.74) is 7.67. The van der Waals surface area contributed by atoms with Crippen molar-refractivity contribution in [3.63, 3.8) is 0 Å². The first kappa shape index (κ1) is 11.3. The highest BCUT2D eigenvalue weighted by atomic mass is 15.3. The normalized spacial score (nSPS) is 24.9. The molecule has 0 saturated heterocycles. The summed E-state index contributed by atoms with van der Waals surface area (Å²) in [6, 6.07) is 0. The van der Waals surface area contributed by atoms with Gasteiger partial charge >= 0.3 is 0 Å². The molecule has 90 valence electrons. The molecule has 1 fully saturated rings. The Hall–Kier alpha value is -1.19. The van der Waals surface area contributed by atoms with Gasteiger partial charge in [0.15, 0.2) is 0 Å². The molecule has 4 nitrogen and oxygen atoms in total. The van der Waals surface area contributed by atoms with Crippen LogP contribution >= 0.6 is 0 Å². The lowest BCUT2D eigenvalue weighted by Gasteiger charge is -2.17. The third-order valence-corrected chi connectivity index (χ3v) is 3.84. The maximum absolute atomic E-state index is 5.98. The molecule has 16 heavy (non-hydrogen) atoms. The quantitative estimate of drug-likeness (QED) is 0.824. The molecule has 4 heteroatoms. The Morgan fingerprint density at radius 1 is 1.50 bits per heavy atom. The summed E-state index contributed by atoms with van der Waals surface area (Å²) in [7, 11) is 1.93. The summed E-state index contributed by atoms with van der Waals surface area (Å²) in [6.07, 6.45) is 4.07. The van der Waals surface area contributed by atoms with E-state index in [1.165, 1.54) is 19.3 Å². The van der Waals surface area contributed by atoms with Gasteiger partial charge in [0.25, 0.3) is 0 Å². The zero-order chi connectivity index (χ0) is 11.7. The average molecular weight is 222 g/mol. The average Bonchev–Trinajstić information content (AvgIpc) is 2.72. The fourth-order valence-corrected chi connectivity index (χ4v) is 2.64. The van der Waals surface area contributed by atoms with E-state index in [9.17, 15) is 0 Å². The van der Waals surface area contributed by atoms with Gasteiger partial charge in [-0.05, 0) is 25.2 Å². The molecule has 2 atom stereocenters. The molecule has 3 N–H and O–H groups in total. The summed E-state index contributed by atoms with van der Waals surface area (Å²) >= 11 is 0. The minimum atomic E-state index is 0.785. The van der Waals surface area contributed by atoms with Crippen molar-refractivity contribution < 1.29 is 0 Å². The number of rotatable bonds is 3. The van der Waals surface area contributed by atoms with Crippen molar-refractivity contribution in [2.24, 2.45) is 18.9 Å². The van der Waals surface area contributed by atoms with Gasteiger partial charge in [-0.3, -0.25) is 4.68 Å². The number of hydrogen-bond donors (Lipinski definition) is 2. The zero-order valence-corrected chi connectivity index (χ0v) is 10.5. The molecular formula is C12H22N4. The third kappa shape index (κ3) is 2.01. The molecule has 0 radical (unpaired) electrons. The Morgan fingerprint density at radius 2 is 2.25 bits per heavy atom. The van der Waals surface area contributed by atoms with Crippen molar-refractivity contribution >= 4 is 11.5 Å². The number of anilines is 2. The summed E-state index contributed by atoms with van der Waals surface area (Å²) in [4.78, 5) is 0. The van der Waals surface area contributed by atoms with Crippen LogP contribution in [0, 0.1) is 18.8 Å². The second-order valence-corrected chi connectivity index (χ2v) is 5.02. The number of aryl methyl sites for hydroxylation is 2. The molecule has 0 aromatic carbocycles. The topological polar surface area (TPSA) is 55.9 Å². The van der Waals surface area contributed by atoms with Gasteiger partial charge in [0.05, 0.1) is 11.4 Å². The Morgan fingerprint density at radius 3 is 2.75 bits per heavy atom. The summed E-state index contributed by atoms with van der Waals surface area (Å²) < 4.78 is 1.84. The van der Waals surface area contributed by atoms with E-state index < -0.39 is 0 Å². The minimum Gasteiger partial charge on any atom is -0.394 e. The number of hydrogen-bond acceptors (Lipinski definition) is 3. The maximum atomic E-state index is 5.98. The van der Waals surface area contributed by atoms with Crippen LogP contribution in [0.3, 0.4) is 0 Å². The van der Waals surface area contributed by atoms with Crippen molar-refractivity contribution in [1.29, 1.82) is 0 Å². The predicted octanol–water partition coefficient (Wildman–Crippen LogP) is 2.16. The second kappa shape index (κ2) is 4.36. The van der Waals surface area contributed by atoms with Gasteiger partial charge in [0, 0.05) is 13.6 Å². The first-order valence-corrected chi connectivity index (χ1v) is 6.12. The van der Waals surface area contributed by atoms with Crippen LogP contribution in [0.25, 0.3) is 0 Å². The first-order valence-electron chi connectivity index (χ1n) is 6.12. The van der Waals surface area contributed by atoms with Crippen LogP contribution in [0.1, 0.15) is 31.9 Å². The molecule has 1 saturated carbocycles. The first-order chi connectivity index (χ1) is 7.59. The molecule has 0 spiro atoms. The van der Waals surface area contributed by atoms with E-state index in [4.69, 9.17) is 5.73 Å². The smallest absolute Gasteiger partial charge is 0.147 e. The van der Waals surface area contributed by atoms with Gasteiger partial charge in [-0.1, -0.05) is 19.8 Å². The zero-order valence-electron chi connectivity index (χ0n) is 10.5. The van der Waals surface area contributed by atoms with E-state index in [1.54, 1.807) is 0 Å². The van der Waals surface area contributed by atoms with Crippen LogP contribution in [0.4, 0.5) is 11.5 Å². The van der Waals surface area contributed by atoms with Crippen LogP contribution in [0.15, 0.2) is 0 Å². The molecular weight excluding hydrogens is 200 g/mol. The van der Waals surface area contributed by atoms with Gasteiger partial charge in [0.2, 0.25) is 0 Å². The number of nitrogen functional groups attached to an aromatic ring is 1. The molecule has 0 amide bonds. The molecule has 1 aromatic rings. The Bertz CT molecular complexity index is 369. The number of nitrogens with two attached hydrogens (primary N) is 1. The minimum absolute atomic E-state index is 0.785. The summed E-state index contributed by atoms with van der Waals surface area (Å²) in [5.74, 6) is 2.59. The van der Waals surface area contributed by atoms with Crippen LogP contribution in [0.5, 0.6) is 0 Å². The van der Waals surface area contributed by atoms with Crippen LogP contribution in [0.2, 0.25) is 0 Å².